The number of hydrogen-bond acceptors (Lipinski definition) is 2. The monoisotopic (exact) mass is 319 g/mol. The van der Waals surface area contributed by atoms with E-state index in [1.165, 1.54) is 0 Å². The molecule has 2 nitrogen and oxygen atoms in total. The van der Waals surface area contributed by atoms with E-state index in [2.05, 4.69) is 36.9 Å². The van der Waals surface area contributed by atoms with Crippen LogP contribution in [0.15, 0.2) is 26.1 Å². The molecule has 1 aromatic rings. The predicted molar refractivity (Wildman–Crippen MR) is 66.2 cm³/mol. The first kappa shape index (κ1) is 11.7. The zero-order valence-electron chi connectivity index (χ0n) is 7.96. The van der Waals surface area contributed by atoms with Crippen molar-refractivity contribution in [2.24, 2.45) is 4.99 Å². The Morgan fingerprint density at radius 1 is 1.36 bits per heavy atom. The minimum atomic E-state index is 0.220. The molecule has 0 aromatic heterocycles. The molecule has 0 spiro atoms. The van der Waals surface area contributed by atoms with Crippen molar-refractivity contribution in [3.05, 3.63) is 26.6 Å². The molecule has 0 heterocycles. The second-order valence-corrected chi connectivity index (χ2v) is 4.97. The average Bonchev–Trinajstić information content (AvgIpc) is 2.08. The normalized spacial score (nSPS) is 11.5. The molecule has 4 heteroatoms. The van der Waals surface area contributed by atoms with E-state index in [1.54, 1.807) is 12.3 Å². The highest BCUT2D eigenvalue weighted by Gasteiger charge is 2.04. The predicted octanol–water partition coefficient (Wildman–Crippen LogP) is 3.74. The Balaban J connectivity index is 3.08. The van der Waals surface area contributed by atoms with Crippen molar-refractivity contribution < 1.29 is 5.11 Å². The lowest BCUT2D eigenvalue weighted by atomic mass is 10.2. The average molecular weight is 321 g/mol. The summed E-state index contributed by atoms with van der Waals surface area (Å²) in [7, 11) is 0. The number of phenols is 1. The Kier molecular flexibility index (Phi) is 4.13. The van der Waals surface area contributed by atoms with Gasteiger partial charge in [-0.15, -0.1) is 0 Å². The molecule has 1 aromatic carbocycles. The number of benzene rings is 1. The highest BCUT2D eigenvalue weighted by atomic mass is 79.9. The summed E-state index contributed by atoms with van der Waals surface area (Å²) in [5.41, 5.74) is 0.708. The molecule has 0 unspecified atom stereocenters. The van der Waals surface area contributed by atoms with Crippen LogP contribution in [0.25, 0.3) is 0 Å². The Bertz CT molecular complexity index is 361. The smallest absolute Gasteiger partial charge is 0.138 e. The van der Waals surface area contributed by atoms with E-state index in [0.29, 0.717) is 10.0 Å². The van der Waals surface area contributed by atoms with E-state index in [0.717, 1.165) is 4.47 Å². The molecule has 0 atom stereocenters. The molecule has 1 N–H and O–H groups in total. The van der Waals surface area contributed by atoms with Crippen molar-refractivity contribution in [1.82, 2.24) is 0 Å². The molecule has 0 radical (unpaired) electrons. The lowest BCUT2D eigenvalue weighted by molar-refractivity contribution is 0.471. The van der Waals surface area contributed by atoms with Crippen molar-refractivity contribution in [2.75, 3.05) is 0 Å². The molecule has 76 valence electrons. The quantitative estimate of drug-likeness (QED) is 0.827. The van der Waals surface area contributed by atoms with Gasteiger partial charge in [-0.05, 0) is 41.9 Å². The number of aromatic hydroxyl groups is 1. The van der Waals surface area contributed by atoms with Crippen LogP contribution in [0.1, 0.15) is 19.4 Å². The summed E-state index contributed by atoms with van der Waals surface area (Å²) in [5, 5.41) is 9.68. The fourth-order valence-corrected chi connectivity index (χ4v) is 2.17. The second kappa shape index (κ2) is 4.94. The van der Waals surface area contributed by atoms with Crippen molar-refractivity contribution in [2.45, 2.75) is 19.9 Å². The van der Waals surface area contributed by atoms with Gasteiger partial charge < -0.3 is 5.11 Å². The largest absolute Gasteiger partial charge is 0.506 e. The van der Waals surface area contributed by atoms with Crippen molar-refractivity contribution in [3.8, 4) is 5.75 Å². The first-order valence-corrected chi connectivity index (χ1v) is 5.80. The van der Waals surface area contributed by atoms with E-state index in [-0.39, 0.29) is 11.8 Å². The van der Waals surface area contributed by atoms with Crippen molar-refractivity contribution >= 4 is 38.1 Å². The third-order valence-electron chi connectivity index (χ3n) is 1.57. The van der Waals surface area contributed by atoms with E-state index in [1.807, 2.05) is 19.9 Å². The molecule has 0 saturated carbocycles. The highest BCUT2D eigenvalue weighted by Crippen LogP contribution is 2.30. The van der Waals surface area contributed by atoms with Gasteiger partial charge in [-0.25, -0.2) is 0 Å². The third kappa shape index (κ3) is 3.10. The Morgan fingerprint density at radius 3 is 2.57 bits per heavy atom. The van der Waals surface area contributed by atoms with Gasteiger partial charge in [-0.2, -0.15) is 0 Å². The maximum Gasteiger partial charge on any atom is 0.138 e. The molecular formula is C10H11Br2NO. The lowest BCUT2D eigenvalue weighted by Gasteiger charge is -2.03. The fourth-order valence-electron chi connectivity index (χ4n) is 0.914. The molecule has 0 aliphatic carbocycles. The highest BCUT2D eigenvalue weighted by molar-refractivity contribution is 9.11. The van der Waals surface area contributed by atoms with Gasteiger partial charge in [0.25, 0.3) is 0 Å². The van der Waals surface area contributed by atoms with Crippen molar-refractivity contribution in [1.29, 1.82) is 0 Å². The van der Waals surface area contributed by atoms with Crippen LogP contribution < -0.4 is 0 Å². The minimum absolute atomic E-state index is 0.220. The first-order chi connectivity index (χ1) is 6.50. The third-order valence-corrected chi connectivity index (χ3v) is 2.63. The van der Waals surface area contributed by atoms with Crippen LogP contribution in [0.5, 0.6) is 5.75 Å². The molecule has 0 aliphatic rings. The number of halogens is 2. The number of aliphatic imine (C=N–C) groups is 1. The minimum Gasteiger partial charge on any atom is -0.506 e. The summed E-state index contributed by atoms with van der Waals surface area (Å²) in [6.45, 7) is 3.97. The van der Waals surface area contributed by atoms with Gasteiger partial charge in [0.2, 0.25) is 0 Å². The van der Waals surface area contributed by atoms with Crippen LogP contribution in [0.2, 0.25) is 0 Å². The van der Waals surface area contributed by atoms with E-state index in [9.17, 15) is 5.11 Å². The molecule has 0 aliphatic heterocycles. The van der Waals surface area contributed by atoms with E-state index in [4.69, 9.17) is 0 Å². The number of phenolic OH excluding ortho intramolecular Hbond substituents is 1. The summed E-state index contributed by atoms with van der Waals surface area (Å²) in [5.74, 6) is 0.220. The van der Waals surface area contributed by atoms with Gasteiger partial charge in [0.15, 0.2) is 0 Å². The van der Waals surface area contributed by atoms with Gasteiger partial charge in [0.1, 0.15) is 5.75 Å². The Labute approximate surface area is 100 Å². The Morgan fingerprint density at radius 2 is 2.00 bits per heavy atom. The summed E-state index contributed by atoms with van der Waals surface area (Å²) >= 11 is 6.61. The van der Waals surface area contributed by atoms with Crippen LogP contribution in [0, 0.1) is 0 Å². The van der Waals surface area contributed by atoms with Crippen molar-refractivity contribution in [3.63, 3.8) is 0 Å². The zero-order valence-corrected chi connectivity index (χ0v) is 11.1. The van der Waals surface area contributed by atoms with Crippen LogP contribution in [-0.2, 0) is 0 Å². The topological polar surface area (TPSA) is 32.6 Å². The van der Waals surface area contributed by atoms with E-state index < -0.39 is 0 Å². The van der Waals surface area contributed by atoms with E-state index >= 15 is 0 Å². The molecule has 0 fully saturated rings. The zero-order chi connectivity index (χ0) is 10.7. The van der Waals surface area contributed by atoms with Crippen LogP contribution >= 0.6 is 31.9 Å². The molecule has 14 heavy (non-hydrogen) atoms. The van der Waals surface area contributed by atoms with Gasteiger partial charge in [0, 0.05) is 22.3 Å². The summed E-state index contributed by atoms with van der Waals surface area (Å²) in [4.78, 5) is 4.21. The molecule has 1 rings (SSSR count). The van der Waals surface area contributed by atoms with Gasteiger partial charge in [0.05, 0.1) is 4.47 Å². The molecular weight excluding hydrogens is 310 g/mol. The summed E-state index contributed by atoms with van der Waals surface area (Å²) in [6.07, 6.45) is 1.68. The lowest BCUT2D eigenvalue weighted by Crippen LogP contribution is -1.91. The number of nitrogens with zero attached hydrogens (tertiary/aromatic N) is 1. The fraction of sp³-hybridized carbons (Fsp3) is 0.300. The van der Waals surface area contributed by atoms with Crippen LogP contribution in [0.4, 0.5) is 0 Å². The first-order valence-electron chi connectivity index (χ1n) is 4.22. The van der Waals surface area contributed by atoms with Crippen LogP contribution in [-0.4, -0.2) is 17.4 Å². The Hall–Kier alpha value is -0.350. The maximum absolute atomic E-state index is 9.68. The van der Waals surface area contributed by atoms with Gasteiger partial charge in [-0.1, -0.05) is 15.9 Å². The number of rotatable bonds is 2. The number of hydrogen-bond donors (Lipinski definition) is 1. The molecule has 0 amide bonds. The summed E-state index contributed by atoms with van der Waals surface area (Å²) < 4.78 is 1.57. The molecule has 0 bridgehead atoms. The second-order valence-electron chi connectivity index (χ2n) is 3.20. The standard InChI is InChI=1S/C10H11Br2NO/c1-6(2)13-5-7-3-8(11)4-9(12)10(7)14/h3-6,14H,1-2H3. The van der Waals surface area contributed by atoms with Crippen LogP contribution in [0.3, 0.4) is 0 Å². The van der Waals surface area contributed by atoms with Gasteiger partial charge >= 0.3 is 0 Å². The van der Waals surface area contributed by atoms with Gasteiger partial charge in [-0.3, -0.25) is 4.99 Å². The molecule has 0 saturated heterocycles. The summed E-state index contributed by atoms with van der Waals surface area (Å²) in [6, 6.07) is 3.85. The maximum atomic E-state index is 9.68. The SMILES string of the molecule is CC(C)N=Cc1cc(Br)cc(Br)c1O.